The molecule has 1 unspecified atom stereocenters. The molecule has 36 heavy (non-hydrogen) atoms. The van der Waals surface area contributed by atoms with Crippen molar-refractivity contribution in [1.29, 1.82) is 0 Å². The van der Waals surface area contributed by atoms with Gasteiger partial charge in [-0.05, 0) is 41.0 Å². The van der Waals surface area contributed by atoms with E-state index in [0.29, 0.717) is 30.6 Å². The van der Waals surface area contributed by atoms with Gasteiger partial charge in [-0.25, -0.2) is 9.78 Å². The second kappa shape index (κ2) is 12.3. The third-order valence-electron chi connectivity index (χ3n) is 5.99. The summed E-state index contributed by atoms with van der Waals surface area (Å²) < 4.78 is 2.14. The Morgan fingerprint density at radius 1 is 1.11 bits per heavy atom. The fraction of sp³-hybridized carbons (Fsp3) is 0.414. The number of hydrogen-bond donors (Lipinski definition) is 3. The van der Waals surface area contributed by atoms with Gasteiger partial charge in [-0.3, -0.25) is 4.79 Å². The van der Waals surface area contributed by atoms with Gasteiger partial charge in [0.1, 0.15) is 5.82 Å². The number of imidazole rings is 1. The van der Waals surface area contributed by atoms with Crippen LogP contribution in [0.1, 0.15) is 74.4 Å². The van der Waals surface area contributed by atoms with Crippen molar-refractivity contribution in [3.8, 4) is 11.1 Å². The molecule has 7 heteroatoms. The number of unbranched alkanes of at least 4 members (excludes halogenated alkanes) is 1. The number of rotatable bonds is 11. The van der Waals surface area contributed by atoms with Crippen LogP contribution in [0, 0.1) is 5.41 Å². The number of carbonyl (C=O) groups excluding carboxylic acids is 1. The maximum absolute atomic E-state index is 12.5. The Morgan fingerprint density at radius 2 is 1.81 bits per heavy atom. The van der Waals surface area contributed by atoms with E-state index in [1.54, 1.807) is 12.1 Å². The lowest BCUT2D eigenvalue weighted by molar-refractivity contribution is -0.121. The zero-order valence-corrected chi connectivity index (χ0v) is 22.5. The normalized spacial score (nSPS) is 12.4. The predicted molar refractivity (Wildman–Crippen MR) is 147 cm³/mol. The summed E-state index contributed by atoms with van der Waals surface area (Å²) in [5.74, 6) is -0.00965. The highest BCUT2D eigenvalue weighted by molar-refractivity contribution is 7.81. The molecule has 0 aliphatic carbocycles. The molecule has 0 saturated heterocycles. The Balaban J connectivity index is 1.73. The van der Waals surface area contributed by atoms with E-state index in [1.807, 2.05) is 42.6 Å². The minimum atomic E-state index is -0.934. The summed E-state index contributed by atoms with van der Waals surface area (Å²) in [5.41, 5.74) is 3.82. The van der Waals surface area contributed by atoms with Crippen LogP contribution >= 0.6 is 12.6 Å². The van der Waals surface area contributed by atoms with Crippen LogP contribution in [0.25, 0.3) is 11.1 Å². The van der Waals surface area contributed by atoms with Gasteiger partial charge in [0.2, 0.25) is 5.91 Å². The molecule has 1 heterocycles. The molecule has 0 fully saturated rings. The number of nitrogens with one attached hydrogen (secondary N) is 1. The topological polar surface area (TPSA) is 84.2 Å². The molecule has 1 aromatic heterocycles. The number of carboxylic acid groups (broad SMARTS) is 1. The molecule has 3 rings (SSSR count). The molecule has 2 N–H and O–H groups in total. The number of carboxylic acids is 1. The molecule has 6 nitrogen and oxygen atoms in total. The molecule has 0 aliphatic rings. The lowest BCUT2D eigenvalue weighted by Crippen LogP contribution is -2.33. The Labute approximate surface area is 219 Å². The Hall–Kier alpha value is -3.06. The lowest BCUT2D eigenvalue weighted by Gasteiger charge is -2.21. The van der Waals surface area contributed by atoms with Crippen molar-refractivity contribution in [3.63, 3.8) is 0 Å². The van der Waals surface area contributed by atoms with Crippen LogP contribution in [0.2, 0.25) is 0 Å². The van der Waals surface area contributed by atoms with Crippen molar-refractivity contribution in [1.82, 2.24) is 14.9 Å². The van der Waals surface area contributed by atoms with E-state index in [0.717, 1.165) is 41.9 Å². The van der Waals surface area contributed by atoms with Crippen molar-refractivity contribution < 1.29 is 14.7 Å². The van der Waals surface area contributed by atoms with E-state index in [9.17, 15) is 14.7 Å². The third kappa shape index (κ3) is 7.72. The summed E-state index contributed by atoms with van der Waals surface area (Å²) in [5, 5.41) is 12.1. The smallest absolute Gasteiger partial charge is 0.336 e. The van der Waals surface area contributed by atoms with Crippen LogP contribution in [0.5, 0.6) is 0 Å². The number of aromatic nitrogens is 2. The average Bonchev–Trinajstić information content (AvgIpc) is 3.21. The summed E-state index contributed by atoms with van der Waals surface area (Å²) in [7, 11) is 0. The Morgan fingerprint density at radius 3 is 2.44 bits per heavy atom. The van der Waals surface area contributed by atoms with Gasteiger partial charge in [-0.2, -0.15) is 12.6 Å². The monoisotopic (exact) mass is 507 g/mol. The van der Waals surface area contributed by atoms with Gasteiger partial charge >= 0.3 is 5.97 Å². The van der Waals surface area contributed by atoms with E-state index in [-0.39, 0.29) is 16.6 Å². The average molecular weight is 508 g/mol. The molecule has 0 aliphatic heterocycles. The third-order valence-corrected chi connectivity index (χ3v) is 6.41. The van der Waals surface area contributed by atoms with Gasteiger partial charge in [0.25, 0.3) is 0 Å². The molecule has 0 spiro atoms. The molecule has 0 bridgehead atoms. The lowest BCUT2D eigenvalue weighted by atomic mass is 9.90. The molecule has 2 aromatic carbocycles. The first kappa shape index (κ1) is 27.5. The van der Waals surface area contributed by atoms with E-state index >= 15 is 0 Å². The second-order valence-electron chi connectivity index (χ2n) is 10.4. The molecule has 0 radical (unpaired) electrons. The molecule has 1 amide bonds. The summed E-state index contributed by atoms with van der Waals surface area (Å²) in [6.07, 6.45) is 5.69. The quantitative estimate of drug-likeness (QED) is 0.278. The van der Waals surface area contributed by atoms with Gasteiger partial charge in [-0.15, -0.1) is 0 Å². The maximum Gasteiger partial charge on any atom is 0.336 e. The van der Waals surface area contributed by atoms with Gasteiger partial charge < -0.3 is 15.0 Å². The van der Waals surface area contributed by atoms with Gasteiger partial charge in [0.15, 0.2) is 0 Å². The van der Waals surface area contributed by atoms with Gasteiger partial charge in [-0.1, -0.05) is 76.6 Å². The van der Waals surface area contributed by atoms with Crippen molar-refractivity contribution in [2.45, 2.75) is 71.7 Å². The van der Waals surface area contributed by atoms with Gasteiger partial charge in [0, 0.05) is 19.2 Å². The van der Waals surface area contributed by atoms with Crippen LogP contribution in [-0.4, -0.2) is 31.8 Å². The van der Waals surface area contributed by atoms with E-state index < -0.39 is 5.97 Å². The minimum Gasteiger partial charge on any atom is -0.478 e. The van der Waals surface area contributed by atoms with E-state index in [1.165, 1.54) is 0 Å². The maximum atomic E-state index is 12.5. The van der Waals surface area contributed by atoms with Gasteiger partial charge in [0.05, 0.1) is 23.1 Å². The van der Waals surface area contributed by atoms with Crippen molar-refractivity contribution in [2.75, 3.05) is 0 Å². The van der Waals surface area contributed by atoms with Crippen LogP contribution in [0.4, 0.5) is 0 Å². The van der Waals surface area contributed by atoms with E-state index in [4.69, 9.17) is 4.98 Å². The number of aromatic carboxylic acids is 1. The van der Waals surface area contributed by atoms with Crippen LogP contribution in [0.3, 0.4) is 0 Å². The largest absolute Gasteiger partial charge is 0.478 e. The van der Waals surface area contributed by atoms with Crippen LogP contribution < -0.4 is 5.32 Å². The zero-order chi connectivity index (χ0) is 26.3. The van der Waals surface area contributed by atoms with Crippen LogP contribution in [-0.2, 0) is 24.3 Å². The highest BCUT2D eigenvalue weighted by Crippen LogP contribution is 2.25. The fourth-order valence-corrected chi connectivity index (χ4v) is 4.78. The van der Waals surface area contributed by atoms with Crippen molar-refractivity contribution >= 4 is 24.5 Å². The number of amides is 1. The molecule has 3 aromatic rings. The number of hydrogen-bond acceptors (Lipinski definition) is 4. The first-order valence-electron chi connectivity index (χ1n) is 12.5. The number of nitrogens with zero attached hydrogens (tertiary/aromatic N) is 2. The molecule has 0 saturated carbocycles. The summed E-state index contributed by atoms with van der Waals surface area (Å²) >= 11 is 4.48. The first-order chi connectivity index (χ1) is 17.1. The minimum absolute atomic E-state index is 0.0317. The predicted octanol–water partition coefficient (Wildman–Crippen LogP) is 5.99. The highest BCUT2D eigenvalue weighted by atomic mass is 32.1. The van der Waals surface area contributed by atoms with Crippen molar-refractivity contribution in [2.24, 2.45) is 5.41 Å². The summed E-state index contributed by atoms with van der Waals surface area (Å²) in [6.45, 7) is 9.48. The Bertz CT molecular complexity index is 1180. The summed E-state index contributed by atoms with van der Waals surface area (Å²) in [4.78, 5) is 28.9. The first-order valence-corrected chi connectivity index (χ1v) is 13.0. The molecular weight excluding hydrogens is 470 g/mol. The Kier molecular flexibility index (Phi) is 9.37. The molecule has 1 atom stereocenters. The molecule has 192 valence electrons. The standard InChI is InChI=1S/C29H37N3O3S/c1-5-6-11-26-31-22(17-30-27(33)25(36)16-29(2,3)4)19-32(26)18-20-12-14-21(15-13-20)23-9-7-8-10-24(23)28(34)35/h7-10,12-15,19,25,36H,5-6,11,16-18H2,1-4H3,(H,30,33)(H,34,35). The number of thiol groups is 1. The number of benzene rings is 2. The molecular formula is C29H37N3O3S. The summed E-state index contributed by atoms with van der Waals surface area (Å²) in [6, 6.07) is 15.0. The SMILES string of the molecule is CCCCc1nc(CNC(=O)C(S)CC(C)(C)C)cn1Cc1ccc(-c2ccccc2C(=O)O)cc1. The van der Waals surface area contributed by atoms with Crippen LogP contribution in [0.15, 0.2) is 54.7 Å². The number of carbonyl (C=O) groups is 2. The van der Waals surface area contributed by atoms with E-state index in [2.05, 4.69) is 50.2 Å². The fourth-order valence-electron chi connectivity index (χ4n) is 4.15. The second-order valence-corrected chi connectivity index (χ2v) is 11.0. The highest BCUT2D eigenvalue weighted by Gasteiger charge is 2.22. The zero-order valence-electron chi connectivity index (χ0n) is 21.6. The number of aryl methyl sites for hydroxylation is 1. The van der Waals surface area contributed by atoms with Crippen molar-refractivity contribution in [3.05, 3.63) is 77.4 Å².